The van der Waals surface area contributed by atoms with Gasteiger partial charge in [-0.15, -0.1) is 11.8 Å². The maximum Gasteiger partial charge on any atom is 0.00744 e. The van der Waals surface area contributed by atoms with Crippen molar-refractivity contribution in [3.8, 4) is 0 Å². The highest BCUT2D eigenvalue weighted by Gasteiger charge is 2.06. The van der Waals surface area contributed by atoms with Crippen LogP contribution in [0.4, 0.5) is 0 Å². The molecule has 80 valence electrons. The molecule has 0 N–H and O–H groups in total. The molecule has 0 saturated carbocycles. The van der Waals surface area contributed by atoms with E-state index in [1.165, 1.54) is 28.0 Å². The molecule has 0 atom stereocenters. The molecule has 0 rings (SSSR count). The Morgan fingerprint density at radius 1 is 1.29 bits per heavy atom. The van der Waals surface area contributed by atoms with E-state index in [1.807, 2.05) is 11.8 Å². The molecular weight excluding hydrogens is 188 g/mol. The van der Waals surface area contributed by atoms with Crippen molar-refractivity contribution in [2.45, 2.75) is 41.0 Å². The summed E-state index contributed by atoms with van der Waals surface area (Å²) < 4.78 is 0. The van der Waals surface area contributed by atoms with E-state index in [0.29, 0.717) is 0 Å². The fourth-order valence-corrected chi connectivity index (χ4v) is 2.29. The lowest BCUT2D eigenvalue weighted by molar-refractivity contribution is 1.11. The van der Waals surface area contributed by atoms with Gasteiger partial charge in [-0.3, -0.25) is 0 Å². The van der Waals surface area contributed by atoms with Crippen molar-refractivity contribution in [3.05, 3.63) is 34.3 Å². The van der Waals surface area contributed by atoms with Crippen LogP contribution in [0, 0.1) is 0 Å². The topological polar surface area (TPSA) is 0 Å². The molecule has 0 bridgehead atoms. The van der Waals surface area contributed by atoms with E-state index in [1.54, 1.807) is 0 Å². The van der Waals surface area contributed by atoms with Crippen molar-refractivity contribution in [1.82, 2.24) is 0 Å². The van der Waals surface area contributed by atoms with Gasteiger partial charge in [0.15, 0.2) is 0 Å². The first kappa shape index (κ1) is 13.6. The normalized spacial score (nSPS) is 11.4. The second-order valence-corrected chi connectivity index (χ2v) is 4.81. The number of hydrogen-bond donors (Lipinski definition) is 0. The van der Waals surface area contributed by atoms with Crippen molar-refractivity contribution in [2.24, 2.45) is 0 Å². The third-order valence-corrected chi connectivity index (χ3v) is 3.25. The Bertz CT molecular complexity index is 252. The fourth-order valence-electron chi connectivity index (χ4n) is 1.33. The predicted molar refractivity (Wildman–Crippen MR) is 69.7 cm³/mol. The Balaban J connectivity index is 4.71. The SMILES string of the molecule is C=C(SCCC)C(=C(C)C)/C(C)=C\C. The zero-order valence-corrected chi connectivity index (χ0v) is 10.9. The molecule has 0 aliphatic carbocycles. The molecule has 0 aliphatic heterocycles. The Morgan fingerprint density at radius 3 is 2.21 bits per heavy atom. The van der Waals surface area contributed by atoms with E-state index < -0.39 is 0 Å². The maximum absolute atomic E-state index is 4.15. The maximum atomic E-state index is 4.15. The van der Waals surface area contributed by atoms with Crippen molar-refractivity contribution < 1.29 is 0 Å². The van der Waals surface area contributed by atoms with Gasteiger partial charge in [-0.25, -0.2) is 0 Å². The third kappa shape index (κ3) is 4.19. The minimum absolute atomic E-state index is 1.16. The van der Waals surface area contributed by atoms with E-state index >= 15 is 0 Å². The summed E-state index contributed by atoms with van der Waals surface area (Å²) >= 11 is 1.86. The molecule has 14 heavy (non-hydrogen) atoms. The Labute approximate surface area is 93.2 Å². The van der Waals surface area contributed by atoms with Crippen molar-refractivity contribution >= 4 is 11.8 Å². The summed E-state index contributed by atoms with van der Waals surface area (Å²) in [5, 5.41) is 0. The Morgan fingerprint density at radius 2 is 1.86 bits per heavy atom. The van der Waals surface area contributed by atoms with Crippen LogP contribution >= 0.6 is 11.8 Å². The van der Waals surface area contributed by atoms with Gasteiger partial charge in [0.25, 0.3) is 0 Å². The molecule has 0 aromatic rings. The van der Waals surface area contributed by atoms with Crippen LogP contribution in [0.2, 0.25) is 0 Å². The first-order valence-electron chi connectivity index (χ1n) is 5.17. The average Bonchev–Trinajstić information content (AvgIpc) is 2.14. The third-order valence-electron chi connectivity index (χ3n) is 2.09. The second-order valence-electron chi connectivity index (χ2n) is 3.62. The van der Waals surface area contributed by atoms with Gasteiger partial charge in [-0.2, -0.15) is 0 Å². The van der Waals surface area contributed by atoms with Crippen molar-refractivity contribution in [3.63, 3.8) is 0 Å². The van der Waals surface area contributed by atoms with Crippen LogP contribution in [0.1, 0.15) is 41.0 Å². The highest BCUT2D eigenvalue weighted by Crippen LogP contribution is 2.30. The summed E-state index contributed by atoms with van der Waals surface area (Å²) in [5.41, 5.74) is 4.03. The highest BCUT2D eigenvalue weighted by atomic mass is 32.2. The highest BCUT2D eigenvalue weighted by molar-refractivity contribution is 8.03. The van der Waals surface area contributed by atoms with Crippen LogP contribution in [0.3, 0.4) is 0 Å². The van der Waals surface area contributed by atoms with Gasteiger partial charge in [-0.1, -0.05) is 25.2 Å². The van der Waals surface area contributed by atoms with Gasteiger partial charge >= 0.3 is 0 Å². The van der Waals surface area contributed by atoms with Gasteiger partial charge in [0, 0.05) is 4.91 Å². The summed E-state index contributed by atoms with van der Waals surface area (Å²) in [7, 11) is 0. The summed E-state index contributed by atoms with van der Waals surface area (Å²) in [4.78, 5) is 1.21. The van der Waals surface area contributed by atoms with Crippen LogP contribution < -0.4 is 0 Å². The van der Waals surface area contributed by atoms with E-state index in [2.05, 4.69) is 47.3 Å². The van der Waals surface area contributed by atoms with E-state index in [0.717, 1.165) is 5.75 Å². The minimum atomic E-state index is 1.16. The average molecular weight is 210 g/mol. The monoisotopic (exact) mass is 210 g/mol. The molecule has 0 amide bonds. The predicted octanol–water partition coefficient (Wildman–Crippen LogP) is 4.95. The lowest BCUT2D eigenvalue weighted by Gasteiger charge is -2.13. The summed E-state index contributed by atoms with van der Waals surface area (Å²) in [6.45, 7) is 14.9. The molecule has 0 nitrogen and oxygen atoms in total. The Kier molecular flexibility index (Phi) is 6.73. The summed E-state index contributed by atoms with van der Waals surface area (Å²) in [5.74, 6) is 1.16. The van der Waals surface area contributed by atoms with Crippen LogP contribution in [-0.4, -0.2) is 5.75 Å². The first-order chi connectivity index (χ1) is 6.54. The van der Waals surface area contributed by atoms with E-state index in [4.69, 9.17) is 0 Å². The van der Waals surface area contributed by atoms with Crippen molar-refractivity contribution in [2.75, 3.05) is 5.75 Å². The lowest BCUT2D eigenvalue weighted by Crippen LogP contribution is -1.91. The number of thioether (sulfide) groups is 1. The lowest BCUT2D eigenvalue weighted by atomic mass is 10.0. The second kappa shape index (κ2) is 6.94. The van der Waals surface area contributed by atoms with Crippen LogP contribution in [0.25, 0.3) is 0 Å². The Hall–Kier alpha value is -0.430. The summed E-state index contributed by atoms with van der Waals surface area (Å²) in [6, 6.07) is 0. The quantitative estimate of drug-likeness (QED) is 0.579. The fraction of sp³-hybridized carbons (Fsp3) is 0.538. The van der Waals surface area contributed by atoms with Crippen molar-refractivity contribution in [1.29, 1.82) is 0 Å². The molecular formula is C13H22S. The number of hydrogen-bond acceptors (Lipinski definition) is 1. The van der Waals surface area contributed by atoms with Crippen LogP contribution in [0.15, 0.2) is 34.3 Å². The molecule has 1 heteroatoms. The standard InChI is InChI=1S/C13H22S/c1-7-9-14-12(6)13(10(3)4)11(5)8-2/h8H,6-7,9H2,1-5H3/b11-8-. The molecule has 0 radical (unpaired) electrons. The molecule has 0 fully saturated rings. The zero-order valence-electron chi connectivity index (χ0n) is 10.1. The van der Waals surface area contributed by atoms with Crippen LogP contribution in [-0.2, 0) is 0 Å². The molecule has 0 heterocycles. The molecule has 0 saturated heterocycles. The van der Waals surface area contributed by atoms with E-state index in [-0.39, 0.29) is 0 Å². The zero-order chi connectivity index (χ0) is 11.1. The van der Waals surface area contributed by atoms with E-state index in [9.17, 15) is 0 Å². The molecule has 0 aliphatic rings. The summed E-state index contributed by atoms with van der Waals surface area (Å²) in [6.07, 6.45) is 3.36. The first-order valence-corrected chi connectivity index (χ1v) is 6.16. The largest absolute Gasteiger partial charge is 0.126 e. The molecule has 0 spiro atoms. The smallest absolute Gasteiger partial charge is 0.00744 e. The number of rotatable bonds is 5. The van der Waals surface area contributed by atoms with Gasteiger partial charge in [0.2, 0.25) is 0 Å². The van der Waals surface area contributed by atoms with Gasteiger partial charge in [-0.05, 0) is 51.0 Å². The number of allylic oxidation sites excluding steroid dienone is 4. The molecule has 0 unspecified atom stereocenters. The van der Waals surface area contributed by atoms with Gasteiger partial charge in [0.1, 0.15) is 0 Å². The molecule has 0 aromatic carbocycles. The van der Waals surface area contributed by atoms with Gasteiger partial charge in [0.05, 0.1) is 0 Å². The minimum Gasteiger partial charge on any atom is -0.126 e. The van der Waals surface area contributed by atoms with Gasteiger partial charge < -0.3 is 0 Å². The molecule has 0 aromatic heterocycles. The van der Waals surface area contributed by atoms with Crippen LogP contribution in [0.5, 0.6) is 0 Å².